The summed E-state index contributed by atoms with van der Waals surface area (Å²) in [5, 5.41) is 3.80. The van der Waals surface area contributed by atoms with Crippen molar-refractivity contribution in [2.75, 3.05) is 19.6 Å². The van der Waals surface area contributed by atoms with Crippen LogP contribution in [0.15, 0.2) is 24.5 Å². The number of piperidine rings is 1. The quantitative estimate of drug-likeness (QED) is 0.773. The fourth-order valence-electron chi connectivity index (χ4n) is 3.26. The number of aryl methyl sites for hydroxylation is 1. The van der Waals surface area contributed by atoms with E-state index in [4.69, 9.17) is 0 Å². The van der Waals surface area contributed by atoms with Gasteiger partial charge in [0.05, 0.1) is 11.6 Å². The lowest BCUT2D eigenvalue weighted by Crippen LogP contribution is -2.45. The van der Waals surface area contributed by atoms with E-state index in [1.54, 1.807) is 17.3 Å². The fraction of sp³-hybridized carbons (Fsp3) is 0.500. The van der Waals surface area contributed by atoms with Gasteiger partial charge in [0.1, 0.15) is 9.88 Å². The molecule has 1 atom stereocenters. The van der Waals surface area contributed by atoms with Gasteiger partial charge in [0, 0.05) is 37.6 Å². The molecule has 0 radical (unpaired) electrons. The second-order valence-corrected chi connectivity index (χ2v) is 7.91. The van der Waals surface area contributed by atoms with Gasteiger partial charge in [-0.05, 0) is 38.3 Å². The number of hydrogen-bond acceptors (Lipinski definition) is 5. The van der Waals surface area contributed by atoms with E-state index in [0.29, 0.717) is 24.5 Å². The van der Waals surface area contributed by atoms with Crippen LogP contribution in [0.3, 0.4) is 0 Å². The number of carbonyl (C=O) groups is 2. The molecule has 7 heteroatoms. The summed E-state index contributed by atoms with van der Waals surface area (Å²) in [5.74, 6) is -0.0743. The van der Waals surface area contributed by atoms with Gasteiger partial charge in [-0.15, -0.1) is 11.3 Å². The molecule has 0 aromatic carbocycles. The first-order valence-corrected chi connectivity index (χ1v) is 10.4. The van der Waals surface area contributed by atoms with Crippen molar-refractivity contribution in [1.29, 1.82) is 0 Å². The SMILES string of the molecule is CCCCNC(=O)C1CCCN(C(=O)c2sc(-c3cccnc3)nc2C)C1. The average Bonchev–Trinajstić information content (AvgIpc) is 3.10. The maximum atomic E-state index is 13.0. The van der Waals surface area contributed by atoms with E-state index >= 15 is 0 Å². The third-order valence-electron chi connectivity index (χ3n) is 4.81. The molecule has 1 unspecified atom stereocenters. The molecule has 2 amide bonds. The number of nitrogens with one attached hydrogen (secondary N) is 1. The van der Waals surface area contributed by atoms with Crippen molar-refractivity contribution in [3.05, 3.63) is 35.1 Å². The Bertz CT molecular complexity index is 791. The number of rotatable bonds is 6. The number of thiazole rings is 1. The lowest BCUT2D eigenvalue weighted by atomic mass is 9.97. The van der Waals surface area contributed by atoms with Gasteiger partial charge in [-0.1, -0.05) is 13.3 Å². The average molecular weight is 387 g/mol. The topological polar surface area (TPSA) is 75.2 Å². The Labute approximate surface area is 164 Å². The molecular weight excluding hydrogens is 360 g/mol. The minimum absolute atomic E-state index is 0.0220. The fourth-order valence-corrected chi connectivity index (χ4v) is 4.28. The van der Waals surface area contributed by atoms with Gasteiger partial charge in [-0.2, -0.15) is 0 Å². The van der Waals surface area contributed by atoms with E-state index < -0.39 is 0 Å². The van der Waals surface area contributed by atoms with Crippen molar-refractivity contribution in [1.82, 2.24) is 20.2 Å². The van der Waals surface area contributed by atoms with E-state index in [-0.39, 0.29) is 17.7 Å². The summed E-state index contributed by atoms with van der Waals surface area (Å²) in [5.41, 5.74) is 1.65. The molecule has 3 heterocycles. The van der Waals surface area contributed by atoms with Crippen LogP contribution in [0.4, 0.5) is 0 Å². The van der Waals surface area contributed by atoms with Crippen LogP contribution in [0, 0.1) is 12.8 Å². The molecule has 0 saturated carbocycles. The molecule has 0 spiro atoms. The second-order valence-electron chi connectivity index (χ2n) is 6.91. The summed E-state index contributed by atoms with van der Waals surface area (Å²) in [6.45, 7) is 5.85. The van der Waals surface area contributed by atoms with Crippen LogP contribution in [0.25, 0.3) is 10.6 Å². The van der Waals surface area contributed by atoms with Gasteiger partial charge < -0.3 is 10.2 Å². The largest absolute Gasteiger partial charge is 0.356 e. The van der Waals surface area contributed by atoms with E-state index in [9.17, 15) is 9.59 Å². The molecule has 2 aromatic heterocycles. The van der Waals surface area contributed by atoms with Crippen molar-refractivity contribution in [2.45, 2.75) is 39.5 Å². The van der Waals surface area contributed by atoms with Crippen LogP contribution >= 0.6 is 11.3 Å². The Morgan fingerprint density at radius 2 is 2.26 bits per heavy atom. The molecule has 27 heavy (non-hydrogen) atoms. The van der Waals surface area contributed by atoms with Gasteiger partial charge in [0.25, 0.3) is 5.91 Å². The highest BCUT2D eigenvalue weighted by Crippen LogP contribution is 2.29. The molecule has 1 fully saturated rings. The molecular formula is C20H26N4O2S. The van der Waals surface area contributed by atoms with Crippen LogP contribution in [-0.4, -0.2) is 46.3 Å². The highest BCUT2D eigenvalue weighted by atomic mass is 32.1. The van der Waals surface area contributed by atoms with E-state index in [0.717, 1.165) is 41.9 Å². The highest BCUT2D eigenvalue weighted by Gasteiger charge is 2.30. The molecule has 1 N–H and O–H groups in total. The van der Waals surface area contributed by atoms with Crippen LogP contribution in [0.5, 0.6) is 0 Å². The van der Waals surface area contributed by atoms with Crippen molar-refractivity contribution in [3.63, 3.8) is 0 Å². The Morgan fingerprint density at radius 3 is 3.00 bits per heavy atom. The molecule has 0 aliphatic carbocycles. The monoisotopic (exact) mass is 386 g/mol. The van der Waals surface area contributed by atoms with Crippen molar-refractivity contribution >= 4 is 23.2 Å². The highest BCUT2D eigenvalue weighted by molar-refractivity contribution is 7.17. The van der Waals surface area contributed by atoms with Crippen LogP contribution in [0.1, 0.15) is 48.0 Å². The summed E-state index contributed by atoms with van der Waals surface area (Å²) >= 11 is 1.40. The molecule has 1 aliphatic heterocycles. The maximum absolute atomic E-state index is 13.0. The lowest BCUT2D eigenvalue weighted by molar-refractivity contribution is -0.126. The minimum Gasteiger partial charge on any atom is -0.356 e. The van der Waals surface area contributed by atoms with Gasteiger partial charge in [-0.3, -0.25) is 14.6 Å². The smallest absolute Gasteiger partial charge is 0.265 e. The zero-order valence-corrected chi connectivity index (χ0v) is 16.7. The zero-order chi connectivity index (χ0) is 19.2. The maximum Gasteiger partial charge on any atom is 0.265 e. The molecule has 2 aromatic rings. The van der Waals surface area contributed by atoms with Crippen molar-refractivity contribution in [3.8, 4) is 10.6 Å². The summed E-state index contributed by atoms with van der Waals surface area (Å²) in [4.78, 5) is 36.5. The molecule has 6 nitrogen and oxygen atoms in total. The van der Waals surface area contributed by atoms with Crippen molar-refractivity contribution < 1.29 is 9.59 Å². The lowest BCUT2D eigenvalue weighted by Gasteiger charge is -2.31. The number of amides is 2. The summed E-state index contributed by atoms with van der Waals surface area (Å²) < 4.78 is 0. The van der Waals surface area contributed by atoms with Gasteiger partial charge in [0.15, 0.2) is 0 Å². The van der Waals surface area contributed by atoms with Gasteiger partial charge >= 0.3 is 0 Å². The second kappa shape index (κ2) is 9.08. The predicted octanol–water partition coefficient (Wildman–Crippen LogP) is 3.28. The predicted molar refractivity (Wildman–Crippen MR) is 107 cm³/mol. The Balaban J connectivity index is 1.68. The molecule has 1 saturated heterocycles. The minimum atomic E-state index is -0.120. The molecule has 144 valence electrons. The number of hydrogen-bond donors (Lipinski definition) is 1. The van der Waals surface area contributed by atoms with Crippen LogP contribution < -0.4 is 5.32 Å². The normalized spacial score (nSPS) is 17.0. The molecule has 1 aliphatic rings. The summed E-state index contributed by atoms with van der Waals surface area (Å²) in [6, 6.07) is 3.80. The number of pyridine rings is 1. The molecule has 0 bridgehead atoms. The number of carbonyl (C=O) groups excluding carboxylic acids is 2. The standard InChI is InChI=1S/C20H26N4O2S/c1-3-4-10-22-18(25)16-8-6-11-24(13-16)20(26)17-14(2)23-19(27-17)15-7-5-9-21-12-15/h5,7,9,12,16H,3-4,6,8,10-11,13H2,1-2H3,(H,22,25). The Morgan fingerprint density at radius 1 is 1.41 bits per heavy atom. The third kappa shape index (κ3) is 4.71. The first-order chi connectivity index (χ1) is 13.1. The van der Waals surface area contributed by atoms with Gasteiger partial charge in [0.2, 0.25) is 5.91 Å². The number of nitrogens with zero attached hydrogens (tertiary/aromatic N) is 3. The van der Waals surface area contributed by atoms with E-state index in [1.807, 2.05) is 19.1 Å². The Hall–Kier alpha value is -2.28. The first kappa shape index (κ1) is 19.5. The first-order valence-electron chi connectivity index (χ1n) is 9.55. The van der Waals surface area contributed by atoms with Gasteiger partial charge in [-0.25, -0.2) is 4.98 Å². The third-order valence-corrected chi connectivity index (χ3v) is 6.00. The summed E-state index contributed by atoms with van der Waals surface area (Å²) in [7, 11) is 0. The van der Waals surface area contributed by atoms with E-state index in [1.165, 1.54) is 11.3 Å². The van der Waals surface area contributed by atoms with Crippen molar-refractivity contribution in [2.24, 2.45) is 5.92 Å². The van der Waals surface area contributed by atoms with Crippen LogP contribution in [-0.2, 0) is 4.79 Å². The summed E-state index contributed by atoms with van der Waals surface area (Å²) in [6.07, 6.45) is 7.20. The number of likely N-dealkylation sites (tertiary alicyclic amines) is 1. The number of aromatic nitrogens is 2. The zero-order valence-electron chi connectivity index (χ0n) is 15.9. The Kier molecular flexibility index (Phi) is 6.55. The number of unbranched alkanes of at least 4 members (excludes halogenated alkanes) is 1. The van der Waals surface area contributed by atoms with E-state index in [2.05, 4.69) is 22.2 Å². The van der Waals surface area contributed by atoms with Crippen LogP contribution in [0.2, 0.25) is 0 Å². The molecule has 3 rings (SSSR count).